The Balaban J connectivity index is 1.19. The third kappa shape index (κ3) is 7.65. The Kier molecular flexibility index (Phi) is 9.14. The first-order valence-corrected chi connectivity index (χ1v) is 14.0. The lowest BCUT2D eigenvalue weighted by Crippen LogP contribution is -2.49. The Morgan fingerprint density at radius 3 is 2.13 bits per heavy atom. The molecule has 0 bridgehead atoms. The molecule has 0 aliphatic carbocycles. The minimum absolute atomic E-state index is 0.0406. The first-order valence-electron chi connectivity index (χ1n) is 12.2. The van der Waals surface area contributed by atoms with Crippen LogP contribution in [0.2, 0.25) is 0 Å². The van der Waals surface area contributed by atoms with Crippen LogP contribution >= 0.6 is 23.1 Å². The number of anilines is 3. The first kappa shape index (κ1) is 27.3. The summed E-state index contributed by atoms with van der Waals surface area (Å²) in [5.41, 5.74) is 3.76. The van der Waals surface area contributed by atoms with Crippen molar-refractivity contribution >= 4 is 63.7 Å². The molecule has 4 rings (SSSR count). The monoisotopic (exact) mass is 551 g/mol. The van der Waals surface area contributed by atoms with Gasteiger partial charge in [-0.1, -0.05) is 11.8 Å². The maximum absolute atomic E-state index is 12.8. The number of aromatic nitrogens is 1. The quantitative estimate of drug-likeness (QED) is 0.306. The highest BCUT2D eigenvalue weighted by Crippen LogP contribution is 2.24. The number of Topliss-reactive ketones (excluding diaryl/α,β-unsaturated/α-hetero) is 1. The van der Waals surface area contributed by atoms with Crippen LogP contribution in [-0.4, -0.2) is 65.3 Å². The second-order valence-electron chi connectivity index (χ2n) is 8.85. The van der Waals surface area contributed by atoms with Gasteiger partial charge < -0.3 is 20.4 Å². The summed E-state index contributed by atoms with van der Waals surface area (Å²) in [4.78, 5) is 56.3. The number of benzene rings is 2. The van der Waals surface area contributed by atoms with Crippen LogP contribution in [0.1, 0.15) is 29.9 Å². The number of nitrogens with one attached hydrogen (secondary N) is 2. The van der Waals surface area contributed by atoms with Gasteiger partial charge in [0.2, 0.25) is 17.7 Å². The Bertz CT molecular complexity index is 1300. The second kappa shape index (κ2) is 12.7. The lowest BCUT2D eigenvalue weighted by molar-refractivity contribution is -0.130. The molecule has 1 aliphatic rings. The molecule has 0 saturated carbocycles. The molecule has 2 N–H and O–H groups in total. The van der Waals surface area contributed by atoms with E-state index in [0.29, 0.717) is 35.7 Å². The van der Waals surface area contributed by atoms with Crippen molar-refractivity contribution in [2.75, 3.05) is 47.5 Å². The Hall–Kier alpha value is -3.70. The maximum Gasteiger partial charge on any atom is 0.234 e. The molecule has 9 nitrogen and oxygen atoms in total. The summed E-state index contributed by atoms with van der Waals surface area (Å²) >= 11 is 2.75. The van der Waals surface area contributed by atoms with Gasteiger partial charge in [0.05, 0.1) is 17.9 Å². The molecule has 0 spiro atoms. The zero-order chi connectivity index (χ0) is 27.1. The maximum atomic E-state index is 12.8. The lowest BCUT2D eigenvalue weighted by atomic mass is 10.1. The number of nitrogens with zero attached hydrogens (tertiary/aromatic N) is 3. The van der Waals surface area contributed by atoms with E-state index < -0.39 is 0 Å². The number of thioether (sulfide) groups is 1. The predicted molar refractivity (Wildman–Crippen MR) is 151 cm³/mol. The zero-order valence-corrected chi connectivity index (χ0v) is 22.9. The van der Waals surface area contributed by atoms with E-state index >= 15 is 0 Å². The van der Waals surface area contributed by atoms with Crippen molar-refractivity contribution in [1.29, 1.82) is 0 Å². The van der Waals surface area contributed by atoms with Crippen LogP contribution in [0.3, 0.4) is 0 Å². The Morgan fingerprint density at radius 1 is 0.895 bits per heavy atom. The summed E-state index contributed by atoms with van der Waals surface area (Å²) in [5, 5.41) is 7.37. The van der Waals surface area contributed by atoms with Gasteiger partial charge in [0.25, 0.3) is 0 Å². The highest BCUT2D eigenvalue weighted by Gasteiger charge is 2.22. The Morgan fingerprint density at radius 2 is 1.53 bits per heavy atom. The molecule has 0 atom stereocenters. The van der Waals surface area contributed by atoms with Gasteiger partial charge in [0.15, 0.2) is 10.1 Å². The van der Waals surface area contributed by atoms with Crippen LogP contribution in [0, 0.1) is 0 Å². The highest BCUT2D eigenvalue weighted by molar-refractivity contribution is 8.01. The third-order valence-electron chi connectivity index (χ3n) is 5.95. The molecule has 38 heavy (non-hydrogen) atoms. The lowest BCUT2D eigenvalue weighted by Gasteiger charge is -2.36. The van der Waals surface area contributed by atoms with Crippen LogP contribution in [0.5, 0.6) is 0 Å². The van der Waals surface area contributed by atoms with E-state index in [1.165, 1.54) is 30.0 Å². The van der Waals surface area contributed by atoms with Gasteiger partial charge in [-0.05, 0) is 55.5 Å². The summed E-state index contributed by atoms with van der Waals surface area (Å²) in [6.07, 6.45) is 0.233. The van der Waals surface area contributed by atoms with E-state index in [1.807, 2.05) is 34.5 Å². The van der Waals surface area contributed by atoms with Crippen LogP contribution in [-0.2, 0) is 20.8 Å². The number of amides is 3. The number of carbonyl (C=O) groups excluding carboxylic acids is 4. The van der Waals surface area contributed by atoms with Gasteiger partial charge in [-0.3, -0.25) is 19.2 Å². The highest BCUT2D eigenvalue weighted by atomic mass is 32.2. The molecule has 2 aromatic carbocycles. The largest absolute Gasteiger partial charge is 0.368 e. The average Bonchev–Trinajstić information content (AvgIpc) is 3.35. The number of piperazine rings is 1. The van der Waals surface area contributed by atoms with Crippen LogP contribution in [0.4, 0.5) is 17.1 Å². The van der Waals surface area contributed by atoms with E-state index in [-0.39, 0.29) is 35.7 Å². The van der Waals surface area contributed by atoms with E-state index in [1.54, 1.807) is 31.2 Å². The molecule has 1 fully saturated rings. The molecule has 3 amide bonds. The number of hydrogen-bond acceptors (Lipinski definition) is 8. The van der Waals surface area contributed by atoms with Crippen LogP contribution < -0.4 is 15.5 Å². The third-order valence-corrected chi connectivity index (χ3v) is 8.02. The van der Waals surface area contributed by atoms with Crippen LogP contribution in [0.25, 0.3) is 0 Å². The van der Waals surface area contributed by atoms with Crippen molar-refractivity contribution in [3.05, 3.63) is 65.2 Å². The van der Waals surface area contributed by atoms with Crippen molar-refractivity contribution in [1.82, 2.24) is 9.88 Å². The first-order chi connectivity index (χ1) is 18.3. The van der Waals surface area contributed by atoms with Crippen molar-refractivity contribution in [3.8, 4) is 0 Å². The molecule has 1 aromatic heterocycles. The molecule has 2 heterocycles. The number of hydrogen-bond donors (Lipinski definition) is 2. The summed E-state index contributed by atoms with van der Waals surface area (Å²) in [5.74, 6) is -0.0313. The van der Waals surface area contributed by atoms with E-state index in [9.17, 15) is 19.2 Å². The fourth-order valence-corrected chi connectivity index (χ4v) is 5.63. The molecular weight excluding hydrogens is 522 g/mol. The fourth-order valence-electron chi connectivity index (χ4n) is 3.99. The molecule has 0 radical (unpaired) electrons. The molecule has 1 aliphatic heterocycles. The van der Waals surface area contributed by atoms with E-state index in [0.717, 1.165) is 23.1 Å². The standard InChI is InChI=1S/C27H29N5O4S2/c1-18(33)20-3-9-24(10-4-20)31-11-13-32(14-12-31)26(36)15-23-16-37-27(30-23)38-17-25(35)29-22-7-5-21(6-8-22)28-19(2)34/h3-10,16H,11-15,17H2,1-2H3,(H,28,34)(H,29,35). The van der Waals surface area contributed by atoms with Gasteiger partial charge in [-0.25, -0.2) is 4.98 Å². The van der Waals surface area contributed by atoms with Crippen molar-refractivity contribution < 1.29 is 19.2 Å². The average molecular weight is 552 g/mol. The number of carbonyl (C=O) groups is 4. The molecule has 3 aromatic rings. The minimum Gasteiger partial charge on any atom is -0.368 e. The van der Waals surface area contributed by atoms with Gasteiger partial charge in [-0.15, -0.1) is 11.3 Å². The van der Waals surface area contributed by atoms with Crippen molar-refractivity contribution in [2.45, 2.75) is 24.6 Å². The minimum atomic E-state index is -0.163. The number of thiazole rings is 1. The van der Waals surface area contributed by atoms with Crippen LogP contribution in [0.15, 0.2) is 58.3 Å². The molecule has 11 heteroatoms. The van der Waals surface area contributed by atoms with Gasteiger partial charge in [-0.2, -0.15) is 0 Å². The summed E-state index contributed by atoms with van der Waals surface area (Å²) in [6, 6.07) is 14.5. The topological polar surface area (TPSA) is 112 Å². The molecule has 0 unspecified atom stereocenters. The molecule has 198 valence electrons. The number of rotatable bonds is 9. The van der Waals surface area contributed by atoms with Gasteiger partial charge in [0, 0.05) is 61.1 Å². The predicted octanol–water partition coefficient (Wildman–Crippen LogP) is 3.93. The smallest absolute Gasteiger partial charge is 0.234 e. The summed E-state index contributed by atoms with van der Waals surface area (Å²) < 4.78 is 0.739. The number of ketones is 1. The molecule has 1 saturated heterocycles. The van der Waals surface area contributed by atoms with E-state index in [4.69, 9.17) is 0 Å². The SMILES string of the molecule is CC(=O)Nc1ccc(NC(=O)CSc2nc(CC(=O)N3CCN(c4ccc(C(C)=O)cc4)CC3)cs2)cc1. The van der Waals surface area contributed by atoms with Crippen molar-refractivity contribution in [2.24, 2.45) is 0 Å². The zero-order valence-electron chi connectivity index (χ0n) is 21.2. The summed E-state index contributed by atoms with van der Waals surface area (Å²) in [7, 11) is 0. The Labute approximate surface area is 229 Å². The van der Waals surface area contributed by atoms with Gasteiger partial charge >= 0.3 is 0 Å². The van der Waals surface area contributed by atoms with E-state index in [2.05, 4.69) is 20.5 Å². The van der Waals surface area contributed by atoms with Crippen molar-refractivity contribution in [3.63, 3.8) is 0 Å². The molecular formula is C27H29N5O4S2. The normalized spacial score (nSPS) is 13.2. The summed E-state index contributed by atoms with van der Waals surface area (Å²) in [6.45, 7) is 5.71. The second-order valence-corrected chi connectivity index (χ2v) is 10.9. The van der Waals surface area contributed by atoms with Gasteiger partial charge in [0.1, 0.15) is 0 Å². The fraction of sp³-hybridized carbons (Fsp3) is 0.296.